The number of carbonyl (C=O) groups excluding carboxylic acids is 1. The van der Waals surface area contributed by atoms with Gasteiger partial charge in [-0.2, -0.15) is 0 Å². The molecule has 7 heteroatoms. The molecule has 84 valence electrons. The second-order valence-electron chi connectivity index (χ2n) is 3.37. The Labute approximate surface area is 103 Å². The first-order valence-electron chi connectivity index (χ1n) is 4.65. The summed E-state index contributed by atoms with van der Waals surface area (Å²) in [7, 11) is 0. The highest BCUT2D eigenvalue weighted by Gasteiger charge is 2.27. The minimum absolute atomic E-state index is 0.0715. The molecule has 1 amide bonds. The van der Waals surface area contributed by atoms with E-state index in [-0.39, 0.29) is 5.91 Å². The zero-order chi connectivity index (χ0) is 11.7. The lowest BCUT2D eigenvalue weighted by molar-refractivity contribution is -0.123. The van der Waals surface area contributed by atoms with Gasteiger partial charge >= 0.3 is 0 Å². The lowest BCUT2D eigenvalue weighted by Crippen LogP contribution is -2.35. The van der Waals surface area contributed by atoms with Gasteiger partial charge in [-0.05, 0) is 19.9 Å². The van der Waals surface area contributed by atoms with Crippen LogP contribution in [0.5, 0.6) is 0 Å². The summed E-state index contributed by atoms with van der Waals surface area (Å²) in [5, 5.41) is 1.31. The fraction of sp³-hybridized carbons (Fsp3) is 0.333. The topological polar surface area (TPSA) is 58.1 Å². The molecule has 0 unspecified atom stereocenters. The van der Waals surface area contributed by atoms with Gasteiger partial charge in [0.25, 0.3) is 5.91 Å². The van der Waals surface area contributed by atoms with Crippen LogP contribution >= 0.6 is 24.0 Å². The summed E-state index contributed by atoms with van der Waals surface area (Å²) in [5.74, 6) is 0.699. The number of hydrogen-bond donors (Lipinski definition) is 1. The second kappa shape index (κ2) is 4.34. The van der Waals surface area contributed by atoms with Gasteiger partial charge in [-0.3, -0.25) is 10.2 Å². The van der Waals surface area contributed by atoms with Crippen LogP contribution in [0.4, 0.5) is 5.95 Å². The molecule has 2 rings (SSSR count). The Balaban J connectivity index is 2.20. The van der Waals surface area contributed by atoms with E-state index < -0.39 is 0 Å². The van der Waals surface area contributed by atoms with Crippen molar-refractivity contribution in [2.24, 2.45) is 0 Å². The smallest absolute Gasteiger partial charge is 0.257 e. The molecule has 0 spiro atoms. The largest absolute Gasteiger partial charge is 0.272 e. The molecule has 0 atom stereocenters. The van der Waals surface area contributed by atoms with Crippen molar-refractivity contribution < 1.29 is 4.79 Å². The molecule has 0 saturated carbocycles. The van der Waals surface area contributed by atoms with Gasteiger partial charge < -0.3 is 0 Å². The number of hydrazine groups is 1. The highest BCUT2D eigenvalue weighted by Crippen LogP contribution is 2.19. The maximum absolute atomic E-state index is 11.5. The van der Waals surface area contributed by atoms with Gasteiger partial charge in [0.1, 0.15) is 0 Å². The minimum atomic E-state index is -0.0715. The third kappa shape index (κ3) is 2.30. The van der Waals surface area contributed by atoms with Gasteiger partial charge in [0, 0.05) is 11.4 Å². The van der Waals surface area contributed by atoms with Crippen molar-refractivity contribution in [1.82, 2.24) is 15.0 Å². The quantitative estimate of drug-likeness (QED) is 0.802. The third-order valence-electron chi connectivity index (χ3n) is 1.95. The van der Waals surface area contributed by atoms with E-state index in [0.717, 1.165) is 11.4 Å². The maximum Gasteiger partial charge on any atom is 0.257 e. The zero-order valence-electron chi connectivity index (χ0n) is 8.85. The number of rotatable bonds is 2. The summed E-state index contributed by atoms with van der Waals surface area (Å²) in [6.07, 6.45) is 0. The molecule has 1 saturated heterocycles. The summed E-state index contributed by atoms with van der Waals surface area (Å²) >= 11 is 6.36. The number of nitrogens with zero attached hydrogens (tertiary/aromatic N) is 3. The van der Waals surface area contributed by atoms with Crippen LogP contribution in [0.25, 0.3) is 0 Å². The number of thioether (sulfide) groups is 1. The Morgan fingerprint density at radius 2 is 2.06 bits per heavy atom. The Bertz CT molecular complexity index is 427. The number of anilines is 1. The Hall–Kier alpha value is -1.21. The lowest BCUT2D eigenvalue weighted by Gasteiger charge is -2.16. The summed E-state index contributed by atoms with van der Waals surface area (Å²) in [6, 6.07) is 1.87. The number of amides is 1. The number of nitrogens with one attached hydrogen (secondary N) is 1. The van der Waals surface area contributed by atoms with Crippen LogP contribution in [0, 0.1) is 13.8 Å². The fourth-order valence-electron chi connectivity index (χ4n) is 1.34. The zero-order valence-corrected chi connectivity index (χ0v) is 10.5. The molecule has 1 N–H and O–H groups in total. The number of hydrogen-bond acceptors (Lipinski definition) is 6. The van der Waals surface area contributed by atoms with E-state index in [1.54, 1.807) is 0 Å². The van der Waals surface area contributed by atoms with Crippen LogP contribution in [0.15, 0.2) is 6.07 Å². The van der Waals surface area contributed by atoms with Crippen LogP contribution in [0.1, 0.15) is 11.4 Å². The summed E-state index contributed by atoms with van der Waals surface area (Å²) in [4.78, 5) is 19.8. The molecule has 1 aromatic rings. The normalized spacial score (nSPS) is 15.8. The predicted octanol–water partition coefficient (Wildman–Crippen LogP) is 1.28. The van der Waals surface area contributed by atoms with E-state index in [0.29, 0.717) is 16.0 Å². The standard InChI is InChI=1S/C9H10N4OS2/c1-5-3-6(2)11-8(10-5)12-13-7(14)4-16-9(13)15/h3H,4H2,1-2H3,(H,10,11,12). The molecular weight excluding hydrogens is 244 g/mol. The molecule has 1 aliphatic heterocycles. The van der Waals surface area contributed by atoms with Crippen molar-refractivity contribution in [3.8, 4) is 0 Å². The average Bonchev–Trinajstić information content (AvgIpc) is 2.48. The molecular formula is C9H10N4OS2. The van der Waals surface area contributed by atoms with Gasteiger partial charge in [-0.15, -0.1) is 0 Å². The van der Waals surface area contributed by atoms with Gasteiger partial charge in [0.2, 0.25) is 5.95 Å². The van der Waals surface area contributed by atoms with Crippen molar-refractivity contribution in [3.05, 3.63) is 17.5 Å². The minimum Gasteiger partial charge on any atom is -0.272 e. The molecule has 0 aromatic carbocycles. The number of carbonyl (C=O) groups is 1. The van der Waals surface area contributed by atoms with Crippen molar-refractivity contribution in [2.75, 3.05) is 11.2 Å². The third-order valence-corrected chi connectivity index (χ3v) is 3.30. The second-order valence-corrected chi connectivity index (χ2v) is 4.98. The Kier molecular flexibility index (Phi) is 3.06. The number of aryl methyl sites for hydroxylation is 2. The van der Waals surface area contributed by atoms with Gasteiger partial charge in [-0.1, -0.05) is 24.0 Å². The van der Waals surface area contributed by atoms with E-state index in [4.69, 9.17) is 12.2 Å². The maximum atomic E-state index is 11.5. The van der Waals surface area contributed by atoms with E-state index in [2.05, 4.69) is 15.4 Å². The predicted molar refractivity (Wildman–Crippen MR) is 67.0 cm³/mol. The van der Waals surface area contributed by atoms with Crippen molar-refractivity contribution in [2.45, 2.75) is 13.8 Å². The molecule has 1 fully saturated rings. The first-order chi connectivity index (χ1) is 7.56. The average molecular weight is 254 g/mol. The molecule has 1 aliphatic rings. The molecule has 5 nitrogen and oxygen atoms in total. The molecule has 0 radical (unpaired) electrons. The highest BCUT2D eigenvalue weighted by molar-refractivity contribution is 8.23. The van der Waals surface area contributed by atoms with Crippen LogP contribution in [0.2, 0.25) is 0 Å². The van der Waals surface area contributed by atoms with E-state index in [1.165, 1.54) is 16.8 Å². The molecule has 16 heavy (non-hydrogen) atoms. The van der Waals surface area contributed by atoms with Gasteiger partial charge in [0.15, 0.2) is 4.32 Å². The van der Waals surface area contributed by atoms with Crippen LogP contribution in [-0.2, 0) is 4.79 Å². The van der Waals surface area contributed by atoms with Crippen molar-refractivity contribution in [3.63, 3.8) is 0 Å². The first-order valence-corrected chi connectivity index (χ1v) is 6.04. The fourth-order valence-corrected chi connectivity index (χ4v) is 2.32. The first kappa shape index (κ1) is 11.3. The SMILES string of the molecule is Cc1cc(C)nc(NN2C(=O)CSC2=S)n1. The summed E-state index contributed by atoms with van der Waals surface area (Å²) < 4.78 is 0.507. The molecule has 1 aromatic heterocycles. The monoisotopic (exact) mass is 254 g/mol. The summed E-state index contributed by atoms with van der Waals surface area (Å²) in [6.45, 7) is 3.75. The van der Waals surface area contributed by atoms with Gasteiger partial charge in [0.05, 0.1) is 5.75 Å². The lowest BCUT2D eigenvalue weighted by atomic mass is 10.4. The highest BCUT2D eigenvalue weighted by atomic mass is 32.2. The van der Waals surface area contributed by atoms with Crippen LogP contribution in [0.3, 0.4) is 0 Å². The van der Waals surface area contributed by atoms with Gasteiger partial charge in [-0.25, -0.2) is 15.0 Å². The number of aromatic nitrogens is 2. The van der Waals surface area contributed by atoms with E-state index in [9.17, 15) is 4.79 Å². The van der Waals surface area contributed by atoms with Crippen LogP contribution < -0.4 is 5.43 Å². The molecule has 2 heterocycles. The molecule has 0 aliphatic carbocycles. The van der Waals surface area contributed by atoms with Crippen molar-refractivity contribution in [1.29, 1.82) is 0 Å². The van der Waals surface area contributed by atoms with E-state index >= 15 is 0 Å². The van der Waals surface area contributed by atoms with Crippen molar-refractivity contribution >= 4 is 40.2 Å². The van der Waals surface area contributed by atoms with E-state index in [1.807, 2.05) is 19.9 Å². The summed E-state index contributed by atoms with van der Waals surface area (Å²) in [5.41, 5.74) is 4.52. The van der Waals surface area contributed by atoms with Crippen LogP contribution in [-0.4, -0.2) is 31.0 Å². The number of thiocarbonyl (C=S) groups is 1. The Morgan fingerprint density at radius 1 is 1.44 bits per heavy atom. The Morgan fingerprint density at radius 3 is 2.56 bits per heavy atom. The molecule has 0 bridgehead atoms.